The Bertz CT molecular complexity index is 613. The van der Waals surface area contributed by atoms with Gasteiger partial charge in [-0.05, 0) is 19.3 Å². The molecule has 3 aliphatic heterocycles. The average Bonchev–Trinajstić information content (AvgIpc) is 3.23. The Balaban J connectivity index is 1.38. The molecular formula is C15H21N5O2. The molecule has 7 nitrogen and oxygen atoms in total. The third-order valence-electron chi connectivity index (χ3n) is 5.11. The van der Waals surface area contributed by atoms with E-state index in [2.05, 4.69) is 15.7 Å². The van der Waals surface area contributed by atoms with Gasteiger partial charge in [0.05, 0.1) is 23.8 Å². The Hall–Kier alpha value is -1.89. The molecule has 1 unspecified atom stereocenters. The van der Waals surface area contributed by atoms with Crippen molar-refractivity contribution in [3.8, 4) is 0 Å². The molecule has 1 aromatic heterocycles. The van der Waals surface area contributed by atoms with Crippen LogP contribution in [-0.4, -0.2) is 46.3 Å². The SMILES string of the molecule is Cn1cc(N2CC(NC(=O)[C@@H]3C[C@@H]4CC[C@H]3N4)CC2=O)cn1. The highest BCUT2D eigenvalue weighted by atomic mass is 16.2. The molecule has 22 heavy (non-hydrogen) atoms. The molecule has 4 heterocycles. The second-order valence-corrected chi connectivity index (χ2v) is 6.68. The van der Waals surface area contributed by atoms with Crippen LogP contribution in [0.15, 0.2) is 12.4 Å². The molecule has 1 aromatic rings. The highest BCUT2D eigenvalue weighted by Gasteiger charge is 2.43. The van der Waals surface area contributed by atoms with E-state index >= 15 is 0 Å². The Morgan fingerprint density at radius 2 is 2.32 bits per heavy atom. The van der Waals surface area contributed by atoms with Crippen molar-refractivity contribution in [3.63, 3.8) is 0 Å². The molecular weight excluding hydrogens is 282 g/mol. The van der Waals surface area contributed by atoms with Gasteiger partial charge in [-0.15, -0.1) is 0 Å². The van der Waals surface area contributed by atoms with Gasteiger partial charge < -0.3 is 15.5 Å². The maximum Gasteiger partial charge on any atom is 0.229 e. The lowest BCUT2D eigenvalue weighted by molar-refractivity contribution is -0.126. The normalized spacial score (nSPS) is 33.7. The summed E-state index contributed by atoms with van der Waals surface area (Å²) in [6.45, 7) is 0.532. The van der Waals surface area contributed by atoms with Gasteiger partial charge in [-0.3, -0.25) is 14.3 Å². The highest BCUT2D eigenvalue weighted by molar-refractivity contribution is 5.96. The van der Waals surface area contributed by atoms with E-state index in [1.165, 1.54) is 6.42 Å². The molecule has 0 aromatic carbocycles. The van der Waals surface area contributed by atoms with Crippen LogP contribution in [0.3, 0.4) is 0 Å². The van der Waals surface area contributed by atoms with Crippen LogP contribution in [0.4, 0.5) is 5.69 Å². The Morgan fingerprint density at radius 1 is 1.45 bits per heavy atom. The van der Waals surface area contributed by atoms with Crippen LogP contribution >= 0.6 is 0 Å². The maximum absolute atomic E-state index is 12.4. The number of hydrogen-bond donors (Lipinski definition) is 2. The van der Waals surface area contributed by atoms with Crippen molar-refractivity contribution in [1.82, 2.24) is 20.4 Å². The summed E-state index contributed by atoms with van der Waals surface area (Å²) in [4.78, 5) is 26.3. The van der Waals surface area contributed by atoms with Gasteiger partial charge in [-0.25, -0.2) is 0 Å². The largest absolute Gasteiger partial charge is 0.351 e. The van der Waals surface area contributed by atoms with Crippen molar-refractivity contribution >= 4 is 17.5 Å². The van der Waals surface area contributed by atoms with Crippen LogP contribution in [0, 0.1) is 5.92 Å². The molecule has 0 saturated carbocycles. The van der Waals surface area contributed by atoms with E-state index in [0.29, 0.717) is 25.0 Å². The number of aryl methyl sites for hydroxylation is 1. The second-order valence-electron chi connectivity index (χ2n) is 6.68. The van der Waals surface area contributed by atoms with Crippen molar-refractivity contribution in [2.45, 2.75) is 43.8 Å². The fraction of sp³-hybridized carbons (Fsp3) is 0.667. The van der Waals surface area contributed by atoms with Crippen molar-refractivity contribution in [2.75, 3.05) is 11.4 Å². The summed E-state index contributed by atoms with van der Waals surface area (Å²) < 4.78 is 1.68. The summed E-state index contributed by atoms with van der Waals surface area (Å²) in [5, 5.41) is 10.7. The first-order valence-corrected chi connectivity index (χ1v) is 7.95. The van der Waals surface area contributed by atoms with Gasteiger partial charge in [0.1, 0.15) is 0 Å². The quantitative estimate of drug-likeness (QED) is 0.809. The minimum absolute atomic E-state index is 0.0457. The summed E-state index contributed by atoms with van der Waals surface area (Å²) in [6, 6.07) is 0.744. The summed E-state index contributed by atoms with van der Waals surface area (Å²) in [6.07, 6.45) is 7.08. The predicted octanol–water partition coefficient (Wildman–Crippen LogP) is -0.218. The summed E-state index contributed by atoms with van der Waals surface area (Å²) >= 11 is 0. The number of nitrogens with one attached hydrogen (secondary N) is 2. The maximum atomic E-state index is 12.4. The van der Waals surface area contributed by atoms with E-state index in [1.54, 1.807) is 15.8 Å². The molecule has 0 radical (unpaired) electrons. The fourth-order valence-electron chi connectivity index (χ4n) is 4.02. The van der Waals surface area contributed by atoms with Crippen molar-refractivity contribution in [1.29, 1.82) is 0 Å². The first kappa shape index (κ1) is 13.8. The van der Waals surface area contributed by atoms with Crippen LogP contribution in [-0.2, 0) is 16.6 Å². The van der Waals surface area contributed by atoms with Gasteiger partial charge in [-0.2, -0.15) is 5.10 Å². The van der Waals surface area contributed by atoms with Gasteiger partial charge in [0.25, 0.3) is 0 Å². The molecule has 4 rings (SSSR count). The van der Waals surface area contributed by atoms with E-state index < -0.39 is 0 Å². The molecule has 3 fully saturated rings. The molecule has 3 saturated heterocycles. The number of anilines is 1. The zero-order valence-corrected chi connectivity index (χ0v) is 12.7. The summed E-state index contributed by atoms with van der Waals surface area (Å²) in [7, 11) is 1.82. The number of hydrogen-bond acceptors (Lipinski definition) is 4. The van der Waals surface area contributed by atoms with E-state index in [4.69, 9.17) is 0 Å². The van der Waals surface area contributed by atoms with Gasteiger partial charge in [0.2, 0.25) is 11.8 Å². The Labute approximate surface area is 129 Å². The Kier molecular flexibility index (Phi) is 3.18. The first-order chi connectivity index (χ1) is 10.6. The lowest BCUT2D eigenvalue weighted by Crippen LogP contribution is -2.43. The predicted molar refractivity (Wildman–Crippen MR) is 80.2 cm³/mol. The van der Waals surface area contributed by atoms with Gasteiger partial charge in [0, 0.05) is 38.3 Å². The van der Waals surface area contributed by atoms with E-state index in [-0.39, 0.29) is 23.8 Å². The molecule has 0 spiro atoms. The smallest absolute Gasteiger partial charge is 0.229 e. The van der Waals surface area contributed by atoms with Crippen molar-refractivity contribution < 1.29 is 9.59 Å². The number of carbonyl (C=O) groups is 2. The van der Waals surface area contributed by atoms with Crippen LogP contribution in [0.1, 0.15) is 25.7 Å². The van der Waals surface area contributed by atoms with Crippen molar-refractivity contribution in [3.05, 3.63) is 12.4 Å². The Morgan fingerprint density at radius 3 is 2.95 bits per heavy atom. The third-order valence-corrected chi connectivity index (χ3v) is 5.11. The molecule has 0 aliphatic carbocycles. The fourth-order valence-corrected chi connectivity index (χ4v) is 4.02. The minimum atomic E-state index is -0.0978. The zero-order chi connectivity index (χ0) is 15.3. The number of rotatable bonds is 3. The number of fused-ring (bicyclic) bond motifs is 2. The second kappa shape index (κ2) is 5.08. The molecule has 4 atom stereocenters. The third kappa shape index (κ3) is 2.29. The van der Waals surface area contributed by atoms with Crippen LogP contribution in [0.2, 0.25) is 0 Å². The van der Waals surface area contributed by atoms with Gasteiger partial charge in [0.15, 0.2) is 0 Å². The highest BCUT2D eigenvalue weighted by Crippen LogP contribution is 2.33. The topological polar surface area (TPSA) is 79.3 Å². The monoisotopic (exact) mass is 303 g/mol. The molecule has 118 valence electrons. The lowest BCUT2D eigenvalue weighted by Gasteiger charge is -2.22. The zero-order valence-electron chi connectivity index (χ0n) is 12.7. The van der Waals surface area contributed by atoms with Crippen molar-refractivity contribution in [2.24, 2.45) is 13.0 Å². The number of aromatic nitrogens is 2. The van der Waals surface area contributed by atoms with E-state index in [1.807, 2.05) is 13.2 Å². The molecule has 2 bridgehead atoms. The van der Waals surface area contributed by atoms with Crippen LogP contribution < -0.4 is 15.5 Å². The molecule has 2 N–H and O–H groups in total. The first-order valence-electron chi connectivity index (χ1n) is 7.95. The van der Waals surface area contributed by atoms with Gasteiger partial charge in [-0.1, -0.05) is 0 Å². The number of nitrogens with zero attached hydrogens (tertiary/aromatic N) is 3. The van der Waals surface area contributed by atoms with E-state index in [9.17, 15) is 9.59 Å². The minimum Gasteiger partial charge on any atom is -0.351 e. The molecule has 7 heteroatoms. The number of carbonyl (C=O) groups excluding carboxylic acids is 2. The lowest BCUT2D eigenvalue weighted by atomic mass is 9.88. The van der Waals surface area contributed by atoms with E-state index in [0.717, 1.165) is 18.5 Å². The van der Waals surface area contributed by atoms with Crippen LogP contribution in [0.25, 0.3) is 0 Å². The average molecular weight is 303 g/mol. The molecule has 3 aliphatic rings. The van der Waals surface area contributed by atoms with Crippen LogP contribution in [0.5, 0.6) is 0 Å². The summed E-state index contributed by atoms with van der Waals surface area (Å²) in [5.41, 5.74) is 0.797. The standard InChI is InChI=1S/C15H21N5O2/c1-19-8-11(6-16-19)20-7-10(5-14(20)21)18-15(22)12-4-9-2-3-13(12)17-9/h6,8-10,12-13,17H,2-5,7H2,1H3,(H,18,22)/t9-,10?,12+,13+/m0/s1. The summed E-state index contributed by atoms with van der Waals surface area (Å²) in [5.74, 6) is 0.219. The molecule has 2 amide bonds. The van der Waals surface area contributed by atoms with Gasteiger partial charge >= 0.3 is 0 Å². The number of amides is 2.